The first-order chi connectivity index (χ1) is 10.2. The molecule has 1 aromatic carbocycles. The molecule has 0 saturated heterocycles. The summed E-state index contributed by atoms with van der Waals surface area (Å²) in [6.45, 7) is 2.12. The standard InChI is InChI=1S/C18H28N2O/c1-14(19-2)16-11-8-12-17(13-16)20-18(21)15-9-6-4-3-5-7-10-15/h8,11-15,19H,3-7,9-10H2,1-2H3,(H,20,21). The average molecular weight is 288 g/mol. The van der Waals surface area contributed by atoms with Crippen LogP contribution < -0.4 is 10.6 Å². The molecule has 0 bridgehead atoms. The molecule has 0 spiro atoms. The van der Waals surface area contributed by atoms with Crippen LogP contribution in [0.3, 0.4) is 0 Å². The van der Waals surface area contributed by atoms with Crippen LogP contribution >= 0.6 is 0 Å². The molecule has 1 amide bonds. The second kappa shape index (κ2) is 8.18. The topological polar surface area (TPSA) is 41.1 Å². The Morgan fingerprint density at radius 2 is 1.81 bits per heavy atom. The summed E-state index contributed by atoms with van der Waals surface area (Å²) in [6.07, 6.45) is 8.34. The van der Waals surface area contributed by atoms with Crippen LogP contribution in [0.25, 0.3) is 0 Å². The van der Waals surface area contributed by atoms with E-state index in [9.17, 15) is 4.79 Å². The van der Waals surface area contributed by atoms with E-state index in [0.717, 1.165) is 18.5 Å². The van der Waals surface area contributed by atoms with Gasteiger partial charge in [-0.1, -0.05) is 44.2 Å². The maximum absolute atomic E-state index is 12.5. The van der Waals surface area contributed by atoms with E-state index in [1.807, 2.05) is 19.2 Å². The largest absolute Gasteiger partial charge is 0.326 e. The van der Waals surface area contributed by atoms with Crippen LogP contribution in [0.5, 0.6) is 0 Å². The third kappa shape index (κ3) is 4.85. The zero-order valence-electron chi connectivity index (χ0n) is 13.3. The summed E-state index contributed by atoms with van der Waals surface area (Å²) in [5.41, 5.74) is 2.12. The van der Waals surface area contributed by atoms with Gasteiger partial charge in [-0.15, -0.1) is 0 Å². The fourth-order valence-corrected chi connectivity index (χ4v) is 3.02. The summed E-state index contributed by atoms with van der Waals surface area (Å²) in [5, 5.41) is 6.34. The Kier molecular flexibility index (Phi) is 6.24. The molecule has 0 heterocycles. The fourth-order valence-electron chi connectivity index (χ4n) is 3.02. The third-order valence-corrected chi connectivity index (χ3v) is 4.56. The zero-order chi connectivity index (χ0) is 15.1. The molecule has 1 atom stereocenters. The monoisotopic (exact) mass is 288 g/mol. The van der Waals surface area contributed by atoms with Crippen LogP contribution in [-0.4, -0.2) is 13.0 Å². The highest BCUT2D eigenvalue weighted by molar-refractivity contribution is 5.92. The van der Waals surface area contributed by atoms with Crippen molar-refractivity contribution in [2.75, 3.05) is 12.4 Å². The van der Waals surface area contributed by atoms with Gasteiger partial charge in [-0.2, -0.15) is 0 Å². The number of hydrogen-bond donors (Lipinski definition) is 2. The van der Waals surface area contributed by atoms with Crippen molar-refractivity contribution >= 4 is 11.6 Å². The molecule has 1 aliphatic rings. The fraction of sp³-hybridized carbons (Fsp3) is 0.611. The lowest BCUT2D eigenvalue weighted by molar-refractivity contribution is -0.120. The second-order valence-electron chi connectivity index (χ2n) is 6.17. The SMILES string of the molecule is CNC(C)c1cccc(NC(=O)C2CCCCCCC2)c1. The summed E-state index contributed by atoms with van der Waals surface area (Å²) in [5.74, 6) is 0.391. The van der Waals surface area contributed by atoms with Crippen molar-refractivity contribution in [3.05, 3.63) is 29.8 Å². The highest BCUT2D eigenvalue weighted by atomic mass is 16.1. The number of amides is 1. The van der Waals surface area contributed by atoms with Gasteiger partial charge in [-0.05, 0) is 44.5 Å². The molecule has 1 aromatic rings. The van der Waals surface area contributed by atoms with Gasteiger partial charge in [0.05, 0.1) is 0 Å². The lowest BCUT2D eigenvalue weighted by Crippen LogP contribution is -2.23. The Hall–Kier alpha value is -1.35. The van der Waals surface area contributed by atoms with E-state index in [0.29, 0.717) is 6.04 Å². The summed E-state index contributed by atoms with van der Waals surface area (Å²) in [4.78, 5) is 12.5. The van der Waals surface area contributed by atoms with Gasteiger partial charge in [-0.3, -0.25) is 4.79 Å². The van der Waals surface area contributed by atoms with Crippen LogP contribution in [0.4, 0.5) is 5.69 Å². The number of nitrogens with one attached hydrogen (secondary N) is 2. The summed E-state index contributed by atoms with van der Waals surface area (Å²) < 4.78 is 0. The number of rotatable bonds is 4. The van der Waals surface area contributed by atoms with Gasteiger partial charge in [0, 0.05) is 17.6 Å². The number of hydrogen-bond acceptors (Lipinski definition) is 2. The first-order valence-corrected chi connectivity index (χ1v) is 8.29. The maximum Gasteiger partial charge on any atom is 0.227 e. The Morgan fingerprint density at radius 3 is 2.48 bits per heavy atom. The first kappa shape index (κ1) is 16.0. The van der Waals surface area contributed by atoms with Crippen molar-refractivity contribution in [3.8, 4) is 0 Å². The molecule has 3 heteroatoms. The predicted molar refractivity (Wildman–Crippen MR) is 88.4 cm³/mol. The van der Waals surface area contributed by atoms with E-state index in [-0.39, 0.29) is 11.8 Å². The summed E-state index contributed by atoms with van der Waals surface area (Å²) >= 11 is 0. The van der Waals surface area contributed by atoms with E-state index >= 15 is 0 Å². The lowest BCUT2D eigenvalue weighted by Gasteiger charge is -2.19. The molecule has 1 saturated carbocycles. The van der Waals surface area contributed by atoms with Gasteiger partial charge in [-0.25, -0.2) is 0 Å². The number of anilines is 1. The number of benzene rings is 1. The molecule has 2 N–H and O–H groups in total. The molecule has 1 aliphatic carbocycles. The molecular formula is C18H28N2O. The van der Waals surface area contributed by atoms with Gasteiger partial charge < -0.3 is 10.6 Å². The van der Waals surface area contributed by atoms with Crippen LogP contribution in [-0.2, 0) is 4.79 Å². The van der Waals surface area contributed by atoms with Crippen LogP contribution in [0.2, 0.25) is 0 Å². The van der Waals surface area contributed by atoms with Crippen LogP contribution in [0.15, 0.2) is 24.3 Å². The van der Waals surface area contributed by atoms with E-state index in [1.165, 1.54) is 37.7 Å². The van der Waals surface area contributed by atoms with E-state index in [4.69, 9.17) is 0 Å². The van der Waals surface area contributed by atoms with Crippen LogP contribution in [0, 0.1) is 5.92 Å². The Balaban J connectivity index is 1.97. The molecule has 0 radical (unpaired) electrons. The highest BCUT2D eigenvalue weighted by Gasteiger charge is 2.19. The molecule has 116 valence electrons. The van der Waals surface area contributed by atoms with Crippen LogP contribution in [0.1, 0.15) is 63.5 Å². The van der Waals surface area contributed by atoms with Gasteiger partial charge in [0.25, 0.3) is 0 Å². The average Bonchev–Trinajstić information content (AvgIpc) is 2.46. The third-order valence-electron chi connectivity index (χ3n) is 4.56. The molecule has 1 unspecified atom stereocenters. The molecule has 0 aliphatic heterocycles. The molecule has 0 aromatic heterocycles. The minimum absolute atomic E-state index is 0.190. The van der Waals surface area contributed by atoms with Crippen molar-refractivity contribution in [1.29, 1.82) is 0 Å². The van der Waals surface area contributed by atoms with Crippen molar-refractivity contribution in [2.45, 2.75) is 57.9 Å². The Labute approximate surface area is 128 Å². The van der Waals surface area contributed by atoms with Gasteiger partial charge in [0.15, 0.2) is 0 Å². The molecule has 3 nitrogen and oxygen atoms in total. The molecule has 2 rings (SSSR count). The summed E-state index contributed by atoms with van der Waals surface area (Å²) in [7, 11) is 1.95. The van der Waals surface area contributed by atoms with Crippen molar-refractivity contribution < 1.29 is 4.79 Å². The number of carbonyl (C=O) groups is 1. The minimum atomic E-state index is 0.190. The predicted octanol–water partition coefficient (Wildman–Crippen LogP) is 4.27. The van der Waals surface area contributed by atoms with Gasteiger partial charge >= 0.3 is 0 Å². The normalized spacial score (nSPS) is 18.6. The first-order valence-electron chi connectivity index (χ1n) is 8.29. The van der Waals surface area contributed by atoms with Gasteiger partial charge in [0.1, 0.15) is 0 Å². The van der Waals surface area contributed by atoms with E-state index in [2.05, 4.69) is 29.7 Å². The quantitative estimate of drug-likeness (QED) is 0.869. The molecule has 21 heavy (non-hydrogen) atoms. The van der Waals surface area contributed by atoms with Crippen molar-refractivity contribution in [2.24, 2.45) is 5.92 Å². The van der Waals surface area contributed by atoms with E-state index in [1.54, 1.807) is 0 Å². The summed E-state index contributed by atoms with van der Waals surface area (Å²) in [6, 6.07) is 8.45. The number of carbonyl (C=O) groups excluding carboxylic acids is 1. The minimum Gasteiger partial charge on any atom is -0.326 e. The molecule has 1 fully saturated rings. The van der Waals surface area contributed by atoms with Gasteiger partial charge in [0.2, 0.25) is 5.91 Å². The highest BCUT2D eigenvalue weighted by Crippen LogP contribution is 2.24. The molecular weight excluding hydrogens is 260 g/mol. The second-order valence-corrected chi connectivity index (χ2v) is 6.17. The van der Waals surface area contributed by atoms with E-state index < -0.39 is 0 Å². The van der Waals surface area contributed by atoms with Crippen molar-refractivity contribution in [1.82, 2.24) is 5.32 Å². The van der Waals surface area contributed by atoms with Crippen molar-refractivity contribution in [3.63, 3.8) is 0 Å². The lowest BCUT2D eigenvalue weighted by atomic mass is 9.90. The zero-order valence-corrected chi connectivity index (χ0v) is 13.3. The smallest absolute Gasteiger partial charge is 0.227 e. The maximum atomic E-state index is 12.5. The Morgan fingerprint density at radius 1 is 1.14 bits per heavy atom. The Bertz CT molecular complexity index is 450.